The van der Waals surface area contributed by atoms with Crippen LogP contribution in [0.2, 0.25) is 0 Å². The van der Waals surface area contributed by atoms with Crippen molar-refractivity contribution < 1.29 is 14.6 Å². The molecule has 0 aliphatic heterocycles. The Morgan fingerprint density at radius 2 is 1.96 bits per heavy atom. The van der Waals surface area contributed by atoms with Gasteiger partial charge < -0.3 is 19.7 Å². The second kappa shape index (κ2) is 8.50. The standard InChI is InChI=1S/C18H24N2O3/c1-14-13-17(18(22)19-9-6-11-23-12-10-21)15(2)20(14)16-7-4-3-5-8-16/h3-5,7-8,13,21H,6,9-12H2,1-2H3,(H,19,22). The van der Waals surface area contributed by atoms with Gasteiger partial charge in [-0.1, -0.05) is 18.2 Å². The van der Waals surface area contributed by atoms with Crippen molar-refractivity contribution in [3.8, 4) is 5.69 Å². The third-order valence-corrected chi connectivity index (χ3v) is 3.68. The molecule has 2 N–H and O–H groups in total. The summed E-state index contributed by atoms with van der Waals surface area (Å²) in [4.78, 5) is 12.3. The zero-order valence-electron chi connectivity index (χ0n) is 13.7. The van der Waals surface area contributed by atoms with Crippen molar-refractivity contribution in [3.05, 3.63) is 53.3 Å². The van der Waals surface area contributed by atoms with Gasteiger partial charge in [-0.3, -0.25) is 4.79 Å². The Bertz CT molecular complexity index is 635. The van der Waals surface area contributed by atoms with Gasteiger partial charge in [0.2, 0.25) is 0 Å². The first kappa shape index (κ1) is 17.2. The van der Waals surface area contributed by atoms with Crippen LogP contribution in [0.25, 0.3) is 5.69 Å². The van der Waals surface area contributed by atoms with E-state index in [2.05, 4.69) is 9.88 Å². The number of ether oxygens (including phenoxy) is 1. The molecular weight excluding hydrogens is 292 g/mol. The SMILES string of the molecule is Cc1cc(C(=O)NCCCOCCO)c(C)n1-c1ccccc1. The smallest absolute Gasteiger partial charge is 0.253 e. The number of carbonyl (C=O) groups is 1. The van der Waals surface area contributed by atoms with E-state index in [1.165, 1.54) is 0 Å². The molecule has 0 bridgehead atoms. The number of amides is 1. The van der Waals surface area contributed by atoms with Gasteiger partial charge >= 0.3 is 0 Å². The van der Waals surface area contributed by atoms with E-state index >= 15 is 0 Å². The Labute approximate surface area is 136 Å². The first-order valence-electron chi connectivity index (χ1n) is 7.86. The third kappa shape index (κ3) is 4.43. The predicted molar refractivity (Wildman–Crippen MR) is 90.1 cm³/mol. The van der Waals surface area contributed by atoms with Crippen LogP contribution < -0.4 is 5.32 Å². The second-order valence-corrected chi connectivity index (χ2v) is 5.40. The van der Waals surface area contributed by atoms with Gasteiger partial charge in [0, 0.05) is 30.2 Å². The van der Waals surface area contributed by atoms with Gasteiger partial charge in [-0.2, -0.15) is 0 Å². The van der Waals surface area contributed by atoms with Gasteiger partial charge in [0.15, 0.2) is 0 Å². The highest BCUT2D eigenvalue weighted by atomic mass is 16.5. The van der Waals surface area contributed by atoms with E-state index in [-0.39, 0.29) is 12.5 Å². The highest BCUT2D eigenvalue weighted by molar-refractivity contribution is 5.95. The van der Waals surface area contributed by atoms with Crippen LogP contribution in [0.15, 0.2) is 36.4 Å². The number of aliphatic hydroxyl groups excluding tert-OH is 1. The van der Waals surface area contributed by atoms with Gasteiger partial charge in [0.1, 0.15) is 0 Å². The van der Waals surface area contributed by atoms with Crippen molar-refractivity contribution in [2.75, 3.05) is 26.4 Å². The molecule has 0 fully saturated rings. The van der Waals surface area contributed by atoms with Crippen LogP contribution >= 0.6 is 0 Å². The molecule has 0 unspecified atom stereocenters. The summed E-state index contributed by atoms with van der Waals surface area (Å²) in [6.45, 7) is 5.41. The number of aliphatic hydroxyl groups is 1. The average molecular weight is 316 g/mol. The minimum Gasteiger partial charge on any atom is -0.394 e. The number of carbonyl (C=O) groups excluding carboxylic acids is 1. The van der Waals surface area contributed by atoms with Crippen LogP contribution in [0, 0.1) is 13.8 Å². The van der Waals surface area contributed by atoms with Gasteiger partial charge in [0.05, 0.1) is 18.8 Å². The summed E-state index contributed by atoms with van der Waals surface area (Å²) in [7, 11) is 0. The first-order valence-corrected chi connectivity index (χ1v) is 7.86. The summed E-state index contributed by atoms with van der Waals surface area (Å²) < 4.78 is 7.25. The largest absolute Gasteiger partial charge is 0.394 e. The molecule has 5 heteroatoms. The molecule has 0 spiro atoms. The highest BCUT2D eigenvalue weighted by Crippen LogP contribution is 2.20. The molecule has 124 valence electrons. The molecule has 2 aromatic rings. The summed E-state index contributed by atoms with van der Waals surface area (Å²) in [6.07, 6.45) is 0.725. The Morgan fingerprint density at radius 3 is 2.65 bits per heavy atom. The van der Waals surface area contributed by atoms with Crippen molar-refractivity contribution >= 4 is 5.91 Å². The number of aryl methyl sites for hydroxylation is 1. The lowest BCUT2D eigenvalue weighted by molar-refractivity contribution is 0.0867. The first-order chi connectivity index (χ1) is 11.1. The van der Waals surface area contributed by atoms with Crippen molar-refractivity contribution in [1.82, 2.24) is 9.88 Å². The fraction of sp³-hybridized carbons (Fsp3) is 0.389. The molecule has 0 aliphatic carbocycles. The van der Waals surface area contributed by atoms with E-state index in [1.807, 2.05) is 50.2 Å². The third-order valence-electron chi connectivity index (χ3n) is 3.68. The minimum atomic E-state index is -0.0672. The van der Waals surface area contributed by atoms with E-state index in [0.717, 1.165) is 23.5 Å². The van der Waals surface area contributed by atoms with Crippen molar-refractivity contribution in [2.24, 2.45) is 0 Å². The summed E-state index contributed by atoms with van der Waals surface area (Å²) in [5.41, 5.74) is 3.72. The molecule has 1 aromatic heterocycles. The van der Waals surface area contributed by atoms with Crippen molar-refractivity contribution in [3.63, 3.8) is 0 Å². The molecule has 0 aliphatic rings. The van der Waals surface area contributed by atoms with Crippen molar-refractivity contribution in [1.29, 1.82) is 0 Å². The normalized spacial score (nSPS) is 10.7. The molecule has 5 nitrogen and oxygen atoms in total. The van der Waals surface area contributed by atoms with Crippen LogP contribution in [0.1, 0.15) is 28.2 Å². The maximum Gasteiger partial charge on any atom is 0.253 e. The molecular formula is C18H24N2O3. The number of benzene rings is 1. The second-order valence-electron chi connectivity index (χ2n) is 5.40. The lowest BCUT2D eigenvalue weighted by atomic mass is 10.2. The monoisotopic (exact) mass is 316 g/mol. The number of hydrogen-bond acceptors (Lipinski definition) is 3. The van der Waals surface area contributed by atoms with Crippen molar-refractivity contribution in [2.45, 2.75) is 20.3 Å². The lowest BCUT2D eigenvalue weighted by Crippen LogP contribution is -2.25. The molecule has 0 saturated carbocycles. The zero-order chi connectivity index (χ0) is 16.7. The summed E-state index contributed by atoms with van der Waals surface area (Å²) in [6, 6.07) is 11.9. The molecule has 0 radical (unpaired) electrons. The Hall–Kier alpha value is -2.11. The minimum absolute atomic E-state index is 0.0256. The number of para-hydroxylation sites is 1. The summed E-state index contributed by atoms with van der Waals surface area (Å²) >= 11 is 0. The molecule has 2 rings (SSSR count). The van der Waals surface area contributed by atoms with E-state index in [4.69, 9.17) is 9.84 Å². The maximum atomic E-state index is 12.3. The Morgan fingerprint density at radius 1 is 1.22 bits per heavy atom. The zero-order valence-corrected chi connectivity index (χ0v) is 13.7. The van der Waals surface area contributed by atoms with Gasteiger partial charge in [-0.25, -0.2) is 0 Å². The van der Waals surface area contributed by atoms with Crippen LogP contribution in [0.4, 0.5) is 0 Å². The van der Waals surface area contributed by atoms with E-state index < -0.39 is 0 Å². The Kier molecular flexibility index (Phi) is 6.38. The number of nitrogens with one attached hydrogen (secondary N) is 1. The van der Waals surface area contributed by atoms with Gasteiger partial charge in [-0.15, -0.1) is 0 Å². The fourth-order valence-corrected chi connectivity index (χ4v) is 2.61. The molecule has 1 heterocycles. The van der Waals surface area contributed by atoms with Gasteiger partial charge in [-0.05, 0) is 38.5 Å². The van der Waals surface area contributed by atoms with E-state index in [1.54, 1.807) is 0 Å². The molecule has 1 aromatic carbocycles. The van der Waals surface area contributed by atoms with Crippen LogP contribution in [-0.2, 0) is 4.74 Å². The molecule has 0 atom stereocenters. The van der Waals surface area contributed by atoms with Crippen LogP contribution in [-0.4, -0.2) is 41.9 Å². The summed E-state index contributed by atoms with van der Waals surface area (Å²) in [5, 5.41) is 11.5. The molecule has 1 amide bonds. The number of nitrogens with zero attached hydrogens (tertiary/aromatic N) is 1. The van der Waals surface area contributed by atoms with Gasteiger partial charge in [0.25, 0.3) is 5.91 Å². The highest BCUT2D eigenvalue weighted by Gasteiger charge is 2.16. The maximum absolute atomic E-state index is 12.3. The molecule has 23 heavy (non-hydrogen) atoms. The topological polar surface area (TPSA) is 63.5 Å². The number of hydrogen-bond donors (Lipinski definition) is 2. The lowest BCUT2D eigenvalue weighted by Gasteiger charge is -2.10. The number of aromatic nitrogens is 1. The Balaban J connectivity index is 1.99. The average Bonchev–Trinajstić information content (AvgIpc) is 2.86. The summed E-state index contributed by atoms with van der Waals surface area (Å²) in [5.74, 6) is -0.0672. The number of rotatable bonds is 8. The van der Waals surface area contributed by atoms with E-state index in [0.29, 0.717) is 25.3 Å². The quantitative estimate of drug-likeness (QED) is 0.734. The van der Waals surface area contributed by atoms with Crippen LogP contribution in [0.3, 0.4) is 0 Å². The van der Waals surface area contributed by atoms with E-state index in [9.17, 15) is 4.79 Å². The molecule has 0 saturated heterocycles. The fourth-order valence-electron chi connectivity index (χ4n) is 2.61. The predicted octanol–water partition coefficient (Wildman–Crippen LogP) is 2.22. The van der Waals surface area contributed by atoms with Crippen LogP contribution in [0.5, 0.6) is 0 Å².